The lowest BCUT2D eigenvalue weighted by Crippen LogP contribution is -2.50. The molecule has 0 saturated carbocycles. The highest BCUT2D eigenvalue weighted by molar-refractivity contribution is 7.16. The molecule has 20 nitrogen and oxygen atoms in total. The molecule has 392 valence electrons. The third-order valence-corrected chi connectivity index (χ3v) is 17.1. The Labute approximate surface area is 439 Å². The molecular weight excluding hydrogens is 981 g/mol. The van der Waals surface area contributed by atoms with Crippen LogP contribution in [0.25, 0.3) is 22.0 Å². The minimum absolute atomic E-state index is 0.0143. The summed E-state index contributed by atoms with van der Waals surface area (Å²) >= 11 is 3.02. The summed E-state index contributed by atoms with van der Waals surface area (Å²) in [6, 6.07) is 9.32. The predicted molar refractivity (Wildman–Crippen MR) is 280 cm³/mol. The Kier molecular flexibility index (Phi) is 15.5. The molecule has 5 N–H and O–H groups in total. The number of ether oxygens (including phenoxy) is 1. The van der Waals surface area contributed by atoms with E-state index < -0.39 is 35.6 Å². The highest BCUT2D eigenvalue weighted by Crippen LogP contribution is 2.48. The zero-order valence-electron chi connectivity index (χ0n) is 43.1. The largest absolute Gasteiger partial charge is 0.475 e. The van der Waals surface area contributed by atoms with E-state index in [-0.39, 0.29) is 43.0 Å². The van der Waals surface area contributed by atoms with Crippen molar-refractivity contribution in [2.45, 2.75) is 135 Å². The molecule has 0 bridgehead atoms. The van der Waals surface area contributed by atoms with Crippen LogP contribution in [-0.2, 0) is 21.4 Å². The Morgan fingerprint density at radius 3 is 2.62 bits per heavy atom. The molecular formula is C52H66N14O6S2. The molecule has 5 aromatic heterocycles. The number of anilines is 2. The van der Waals surface area contributed by atoms with Gasteiger partial charge in [0, 0.05) is 54.3 Å². The van der Waals surface area contributed by atoms with Crippen molar-refractivity contribution in [1.82, 2.24) is 55.2 Å². The molecule has 2 saturated heterocycles. The van der Waals surface area contributed by atoms with E-state index in [1.807, 2.05) is 52.0 Å². The van der Waals surface area contributed by atoms with E-state index in [1.165, 1.54) is 20.9 Å². The van der Waals surface area contributed by atoms with Gasteiger partial charge in [0.25, 0.3) is 5.88 Å². The van der Waals surface area contributed by atoms with E-state index in [2.05, 4.69) is 62.4 Å². The standard InChI is InChI=1S/C52H66N14O6S2/c1-30(2)43(48(70)65-26-35(68)23-39(65)47(69)57-38(28-67)33-12-14-34(15-13-33)44-32(4)56-29-73-44)66-27-41(60-62-66)71-22-9-8-20-63-25-31(3)64(21-18-51(63,5)6)50-55-19-16-37(58-50)46-59-49(72-61-46)52(7)17-10-11-40-42(52)36(24-53)45(54)74-40/h12-16,19,27,29-31,35,38-39,43,67-68H,8-11,17-18,20-23,25-26,28,54H2,1-7H3,(H,57,69)/t31-,35+,38-,39-,43?,52-/m0/s1. The van der Waals surface area contributed by atoms with Gasteiger partial charge in [-0.05, 0) is 103 Å². The minimum atomic E-state index is -0.948. The number of aromatic nitrogens is 8. The number of β-amino-alcohol motifs (C(OH)–C–C–N with tert-alkyl or cyclic N) is 1. The van der Waals surface area contributed by atoms with Gasteiger partial charge in [-0.25, -0.2) is 19.6 Å². The molecule has 2 fully saturated rings. The summed E-state index contributed by atoms with van der Waals surface area (Å²) in [7, 11) is 0. The summed E-state index contributed by atoms with van der Waals surface area (Å²) in [5.74, 6) is 0.643. The second kappa shape index (κ2) is 21.8. The number of amides is 2. The number of likely N-dealkylation sites (tertiary alicyclic amines) is 1. The quantitative estimate of drug-likeness (QED) is 0.0735. The number of aliphatic hydroxyl groups is 2. The van der Waals surface area contributed by atoms with Crippen molar-refractivity contribution in [2.75, 3.05) is 50.0 Å². The fraction of sp³-hybridized carbons (Fsp3) is 0.538. The van der Waals surface area contributed by atoms with Crippen LogP contribution in [0, 0.1) is 24.2 Å². The van der Waals surface area contributed by atoms with Crippen molar-refractivity contribution in [3.05, 3.63) is 81.4 Å². The Balaban J connectivity index is 0.776. The molecule has 6 aromatic rings. The van der Waals surface area contributed by atoms with Crippen molar-refractivity contribution in [2.24, 2.45) is 5.92 Å². The topological polar surface area (TPSA) is 264 Å². The van der Waals surface area contributed by atoms with Crippen LogP contribution >= 0.6 is 22.7 Å². The summed E-state index contributed by atoms with van der Waals surface area (Å²) in [5, 5.41) is 47.4. The molecule has 1 unspecified atom stereocenters. The first kappa shape index (κ1) is 52.5. The summed E-state index contributed by atoms with van der Waals surface area (Å²) in [4.78, 5) is 55.3. The number of hydrogen-bond acceptors (Lipinski definition) is 19. The first-order valence-corrected chi connectivity index (χ1v) is 27.1. The van der Waals surface area contributed by atoms with Crippen molar-refractivity contribution < 1.29 is 29.1 Å². The number of thiophene rings is 1. The number of nitriles is 1. The highest BCUT2D eigenvalue weighted by Gasteiger charge is 2.45. The van der Waals surface area contributed by atoms with E-state index in [1.54, 1.807) is 35.3 Å². The monoisotopic (exact) mass is 1050 g/mol. The van der Waals surface area contributed by atoms with Gasteiger partial charge >= 0.3 is 0 Å². The number of aryl methyl sites for hydroxylation is 2. The van der Waals surface area contributed by atoms with Gasteiger partial charge in [-0.1, -0.05) is 53.6 Å². The Morgan fingerprint density at radius 1 is 1.09 bits per heavy atom. The number of hydrogen-bond donors (Lipinski definition) is 4. The van der Waals surface area contributed by atoms with Gasteiger partial charge in [-0.15, -0.1) is 22.7 Å². The third-order valence-electron chi connectivity index (χ3n) is 15.0. The average molecular weight is 1050 g/mol. The van der Waals surface area contributed by atoms with Crippen LogP contribution in [0.15, 0.2) is 52.8 Å². The smallest absolute Gasteiger partial charge is 0.253 e. The molecule has 0 spiro atoms. The Bertz CT molecular complexity index is 2980. The maximum Gasteiger partial charge on any atom is 0.253 e. The second-order valence-corrected chi connectivity index (χ2v) is 23.0. The number of aliphatic hydroxyl groups excluding tert-OH is 2. The van der Waals surface area contributed by atoms with Crippen LogP contribution in [0.1, 0.15) is 125 Å². The first-order chi connectivity index (χ1) is 35.5. The van der Waals surface area contributed by atoms with Crippen LogP contribution in [0.5, 0.6) is 5.88 Å². The number of nitrogens with two attached hydrogens (primary N) is 1. The van der Waals surface area contributed by atoms with Gasteiger partial charge in [-0.2, -0.15) is 10.2 Å². The lowest BCUT2D eigenvalue weighted by atomic mass is 9.72. The third kappa shape index (κ3) is 10.6. The number of nitrogen functional groups attached to an aromatic ring is 1. The molecule has 3 aliphatic rings. The summed E-state index contributed by atoms with van der Waals surface area (Å²) < 4.78 is 13.5. The lowest BCUT2D eigenvalue weighted by Gasteiger charge is -2.37. The molecule has 74 heavy (non-hydrogen) atoms. The lowest BCUT2D eigenvalue weighted by molar-refractivity contribution is -0.142. The zero-order valence-corrected chi connectivity index (χ0v) is 44.7. The first-order valence-electron chi connectivity index (χ1n) is 25.5. The van der Waals surface area contributed by atoms with Gasteiger partial charge < -0.3 is 40.3 Å². The Morgan fingerprint density at radius 2 is 1.89 bits per heavy atom. The van der Waals surface area contributed by atoms with Crippen LogP contribution in [0.3, 0.4) is 0 Å². The zero-order chi connectivity index (χ0) is 52.5. The fourth-order valence-corrected chi connectivity index (χ4v) is 12.8. The van der Waals surface area contributed by atoms with Crippen molar-refractivity contribution in [1.29, 1.82) is 5.26 Å². The van der Waals surface area contributed by atoms with Crippen LogP contribution in [-0.4, -0.2) is 135 Å². The SMILES string of the molecule is Cc1ncsc1-c1ccc([C@H](CO)NC(=O)[C@@H]2C[C@@H](O)CN2C(=O)C(C(C)C)n2cc(OCCCCN3C[C@H](C)N(c4nccc(-c5noc([C@@]6(C)CCCc7sc(N)c(C#N)c76)n5)n4)CCC3(C)C)nn2)cc1. The maximum absolute atomic E-state index is 14.3. The molecule has 1 aliphatic carbocycles. The molecule has 7 heterocycles. The summed E-state index contributed by atoms with van der Waals surface area (Å²) in [6.45, 7) is 17.0. The van der Waals surface area contributed by atoms with E-state index in [9.17, 15) is 25.1 Å². The molecule has 22 heteroatoms. The van der Waals surface area contributed by atoms with Crippen molar-refractivity contribution in [3.63, 3.8) is 0 Å². The molecule has 0 radical (unpaired) electrons. The predicted octanol–water partition coefficient (Wildman–Crippen LogP) is 6.25. The average Bonchev–Trinajstić information content (AvgIpc) is 4.25. The molecule has 2 aliphatic heterocycles. The van der Waals surface area contributed by atoms with Crippen LogP contribution < -0.4 is 20.7 Å². The number of benzene rings is 1. The molecule has 6 atom stereocenters. The van der Waals surface area contributed by atoms with Crippen LogP contribution in [0.2, 0.25) is 0 Å². The van der Waals surface area contributed by atoms with Gasteiger partial charge in [0.1, 0.15) is 28.8 Å². The van der Waals surface area contributed by atoms with Gasteiger partial charge in [0.2, 0.25) is 29.5 Å². The van der Waals surface area contributed by atoms with E-state index in [4.69, 9.17) is 29.9 Å². The number of carbonyl (C=O) groups excluding carboxylic acids is 2. The van der Waals surface area contributed by atoms with Crippen LogP contribution in [0.4, 0.5) is 10.9 Å². The number of fused-ring (bicyclic) bond motifs is 1. The van der Waals surface area contributed by atoms with Crippen molar-refractivity contribution >= 4 is 45.4 Å². The van der Waals surface area contributed by atoms with E-state index >= 15 is 0 Å². The fourth-order valence-electron chi connectivity index (χ4n) is 10.8. The van der Waals surface area contributed by atoms with E-state index in [0.29, 0.717) is 52.0 Å². The number of thiazole rings is 1. The van der Waals surface area contributed by atoms with Gasteiger partial charge in [0.05, 0.1) is 58.6 Å². The number of nitrogens with zero attached hydrogens (tertiary/aromatic N) is 12. The highest BCUT2D eigenvalue weighted by atomic mass is 32.1. The van der Waals surface area contributed by atoms with Crippen molar-refractivity contribution in [3.8, 4) is 33.9 Å². The molecule has 1 aromatic carbocycles. The number of rotatable bonds is 17. The number of nitrogens with one attached hydrogen (secondary N) is 1. The minimum Gasteiger partial charge on any atom is -0.475 e. The van der Waals surface area contributed by atoms with E-state index in [0.717, 1.165) is 84.7 Å². The number of carbonyl (C=O) groups is 2. The van der Waals surface area contributed by atoms with Gasteiger partial charge in [0.15, 0.2) is 0 Å². The molecule has 9 rings (SSSR count). The Hall–Kier alpha value is -6.38. The summed E-state index contributed by atoms with van der Waals surface area (Å²) in [6.07, 6.45) is 7.58. The second-order valence-electron chi connectivity index (χ2n) is 21.0. The normalized spacial score (nSPS) is 21.8. The number of unbranched alkanes of at least 4 members (excludes halogenated alkanes) is 1. The molecule has 2 amide bonds. The van der Waals surface area contributed by atoms with Gasteiger partial charge in [-0.3, -0.25) is 14.5 Å². The summed E-state index contributed by atoms with van der Waals surface area (Å²) in [5.41, 5.74) is 11.9. The maximum atomic E-state index is 14.3.